The zero-order valence-electron chi connectivity index (χ0n) is 13.5. The molecule has 7 nitrogen and oxygen atoms in total. The van der Waals surface area contributed by atoms with Crippen molar-refractivity contribution in [1.29, 1.82) is 0 Å². The van der Waals surface area contributed by atoms with Crippen LogP contribution in [0, 0.1) is 0 Å². The van der Waals surface area contributed by atoms with Crippen LogP contribution in [0.5, 0.6) is 11.5 Å². The van der Waals surface area contributed by atoms with Crippen molar-refractivity contribution < 1.29 is 23.8 Å². The van der Waals surface area contributed by atoms with Gasteiger partial charge in [0, 0.05) is 5.56 Å². The van der Waals surface area contributed by atoms with Crippen molar-refractivity contribution in [3.05, 3.63) is 83.8 Å². The van der Waals surface area contributed by atoms with Crippen LogP contribution >= 0.6 is 0 Å². The number of aromatic hydroxyl groups is 1. The van der Waals surface area contributed by atoms with E-state index in [4.69, 9.17) is 9.15 Å². The highest BCUT2D eigenvalue weighted by Crippen LogP contribution is 2.14. The number of carbonyl (C=O) groups is 2. The summed E-state index contributed by atoms with van der Waals surface area (Å²) in [6, 6.07) is 15.5. The Bertz CT molecular complexity index is 914. The number of hydrazone groups is 1. The fourth-order valence-corrected chi connectivity index (χ4v) is 2.02. The van der Waals surface area contributed by atoms with Crippen molar-refractivity contribution in [2.24, 2.45) is 5.10 Å². The number of nitrogens with zero attached hydrogens (tertiary/aromatic N) is 1. The van der Waals surface area contributed by atoms with Gasteiger partial charge in [0.25, 0.3) is 5.91 Å². The van der Waals surface area contributed by atoms with Crippen LogP contribution in [0.1, 0.15) is 26.5 Å². The molecule has 1 heterocycles. The minimum absolute atomic E-state index is 0.0814. The molecular weight excluding hydrogens is 336 g/mol. The maximum Gasteiger partial charge on any atom is 0.379 e. The lowest BCUT2D eigenvalue weighted by molar-refractivity contribution is 0.0701. The number of benzene rings is 2. The van der Waals surface area contributed by atoms with E-state index < -0.39 is 11.9 Å². The van der Waals surface area contributed by atoms with Crippen molar-refractivity contribution in [2.45, 2.75) is 0 Å². The second-order valence-electron chi connectivity index (χ2n) is 5.18. The van der Waals surface area contributed by atoms with E-state index in [1.807, 2.05) is 0 Å². The first-order chi connectivity index (χ1) is 12.6. The van der Waals surface area contributed by atoms with E-state index in [2.05, 4.69) is 10.5 Å². The standard InChI is InChI=1S/C19H14N2O5/c22-15-7-5-14(6-8-15)18(23)21-20-12-13-3-9-16(10-4-13)26-19(24)17-2-1-11-25-17/h1-12,22H,(H,21,23)/b20-12+. The highest BCUT2D eigenvalue weighted by atomic mass is 16.5. The molecule has 0 spiro atoms. The first-order valence-electron chi connectivity index (χ1n) is 7.60. The number of amides is 1. The van der Waals surface area contributed by atoms with Crippen molar-refractivity contribution in [3.63, 3.8) is 0 Å². The summed E-state index contributed by atoms with van der Waals surface area (Å²) in [4.78, 5) is 23.6. The third kappa shape index (κ3) is 4.35. The molecule has 130 valence electrons. The molecule has 0 aliphatic carbocycles. The van der Waals surface area contributed by atoms with Gasteiger partial charge in [0.15, 0.2) is 0 Å². The van der Waals surface area contributed by atoms with Crippen molar-refractivity contribution in [3.8, 4) is 11.5 Å². The summed E-state index contributed by atoms with van der Waals surface area (Å²) in [6.45, 7) is 0. The van der Waals surface area contributed by atoms with E-state index in [0.717, 1.165) is 0 Å². The molecular formula is C19H14N2O5. The number of hydrogen-bond acceptors (Lipinski definition) is 6. The smallest absolute Gasteiger partial charge is 0.379 e. The Kier molecular flexibility index (Phi) is 5.09. The van der Waals surface area contributed by atoms with Crippen LogP contribution < -0.4 is 10.2 Å². The molecule has 0 saturated heterocycles. The lowest BCUT2D eigenvalue weighted by atomic mass is 10.2. The average molecular weight is 350 g/mol. The molecule has 0 unspecified atom stereocenters. The molecule has 2 N–H and O–H groups in total. The SMILES string of the molecule is O=C(N/N=C/c1ccc(OC(=O)c2ccco2)cc1)c1ccc(O)cc1. The molecule has 2 aromatic carbocycles. The molecule has 7 heteroatoms. The number of furan rings is 1. The number of carbonyl (C=O) groups excluding carboxylic acids is 2. The zero-order valence-corrected chi connectivity index (χ0v) is 13.5. The third-order valence-corrected chi connectivity index (χ3v) is 3.32. The Morgan fingerprint density at radius 2 is 1.77 bits per heavy atom. The number of nitrogens with one attached hydrogen (secondary N) is 1. The fourth-order valence-electron chi connectivity index (χ4n) is 2.02. The Morgan fingerprint density at radius 1 is 1.04 bits per heavy atom. The minimum atomic E-state index is -0.586. The Labute approximate surface area is 148 Å². The summed E-state index contributed by atoms with van der Waals surface area (Å²) >= 11 is 0. The highest BCUT2D eigenvalue weighted by molar-refractivity contribution is 5.95. The lowest BCUT2D eigenvalue weighted by Gasteiger charge is -2.02. The van der Waals surface area contributed by atoms with E-state index in [1.165, 1.54) is 42.8 Å². The number of esters is 1. The first-order valence-corrected chi connectivity index (χ1v) is 7.60. The summed E-state index contributed by atoms with van der Waals surface area (Å²) in [5.74, 6) is -0.426. The van der Waals surface area contributed by atoms with Crippen LogP contribution in [0.25, 0.3) is 0 Å². The van der Waals surface area contributed by atoms with Crippen LogP contribution in [0.4, 0.5) is 0 Å². The lowest BCUT2D eigenvalue weighted by Crippen LogP contribution is -2.17. The van der Waals surface area contributed by atoms with Gasteiger partial charge in [0.2, 0.25) is 5.76 Å². The summed E-state index contributed by atoms with van der Waals surface area (Å²) < 4.78 is 10.1. The highest BCUT2D eigenvalue weighted by Gasteiger charge is 2.10. The van der Waals surface area contributed by atoms with Crippen molar-refractivity contribution in [2.75, 3.05) is 0 Å². The van der Waals surface area contributed by atoms with Gasteiger partial charge in [-0.25, -0.2) is 10.2 Å². The molecule has 0 bridgehead atoms. The van der Waals surface area contributed by atoms with E-state index >= 15 is 0 Å². The predicted octanol–water partition coefficient (Wildman–Crippen LogP) is 2.97. The van der Waals surface area contributed by atoms with Gasteiger partial charge in [-0.3, -0.25) is 4.79 Å². The summed E-state index contributed by atoms with van der Waals surface area (Å²) in [5.41, 5.74) is 3.46. The summed E-state index contributed by atoms with van der Waals surface area (Å²) in [5, 5.41) is 13.1. The van der Waals surface area contributed by atoms with Gasteiger partial charge in [-0.15, -0.1) is 0 Å². The largest absolute Gasteiger partial charge is 0.508 e. The average Bonchev–Trinajstić information content (AvgIpc) is 3.18. The van der Waals surface area contributed by atoms with E-state index in [1.54, 1.807) is 30.3 Å². The number of phenolic OH excluding ortho intramolecular Hbond substituents is 1. The maximum atomic E-state index is 11.9. The van der Waals surface area contributed by atoms with Gasteiger partial charge in [-0.1, -0.05) is 0 Å². The first kappa shape index (κ1) is 17.0. The van der Waals surface area contributed by atoms with Crippen LogP contribution in [0.2, 0.25) is 0 Å². The van der Waals surface area contributed by atoms with Gasteiger partial charge in [-0.05, 0) is 66.2 Å². The zero-order chi connectivity index (χ0) is 18.4. The van der Waals surface area contributed by atoms with E-state index in [0.29, 0.717) is 16.9 Å². The summed E-state index contributed by atoms with van der Waals surface area (Å²) in [6.07, 6.45) is 2.85. The number of phenols is 1. The molecule has 0 saturated carbocycles. The molecule has 0 radical (unpaired) electrons. The number of ether oxygens (including phenoxy) is 1. The topological polar surface area (TPSA) is 101 Å². The quantitative estimate of drug-likeness (QED) is 0.319. The monoisotopic (exact) mass is 350 g/mol. The Balaban J connectivity index is 1.55. The van der Waals surface area contributed by atoms with Gasteiger partial charge in [0.05, 0.1) is 12.5 Å². The van der Waals surface area contributed by atoms with Crippen molar-refractivity contribution in [1.82, 2.24) is 5.43 Å². The molecule has 0 aliphatic rings. The molecule has 1 aromatic heterocycles. The van der Waals surface area contributed by atoms with E-state index in [9.17, 15) is 14.7 Å². The number of hydrogen-bond donors (Lipinski definition) is 2. The Hall–Kier alpha value is -3.87. The second kappa shape index (κ2) is 7.80. The normalized spacial score (nSPS) is 10.6. The second-order valence-corrected chi connectivity index (χ2v) is 5.18. The number of rotatable bonds is 5. The summed E-state index contributed by atoms with van der Waals surface area (Å²) in [7, 11) is 0. The molecule has 0 atom stereocenters. The van der Waals surface area contributed by atoms with E-state index in [-0.39, 0.29) is 11.5 Å². The maximum absolute atomic E-state index is 11.9. The van der Waals surface area contributed by atoms with Gasteiger partial charge >= 0.3 is 5.97 Å². The molecule has 0 fully saturated rings. The van der Waals surface area contributed by atoms with Crippen molar-refractivity contribution >= 4 is 18.1 Å². The van der Waals surface area contributed by atoms with Crippen LogP contribution in [0.15, 0.2) is 76.4 Å². The fraction of sp³-hybridized carbons (Fsp3) is 0. The van der Waals surface area contributed by atoms with Crippen LogP contribution in [-0.4, -0.2) is 23.2 Å². The third-order valence-electron chi connectivity index (χ3n) is 3.32. The van der Waals surface area contributed by atoms with Crippen LogP contribution in [0.3, 0.4) is 0 Å². The molecule has 3 aromatic rings. The minimum Gasteiger partial charge on any atom is -0.508 e. The molecule has 0 aliphatic heterocycles. The molecule has 3 rings (SSSR count). The van der Waals surface area contributed by atoms with Gasteiger partial charge in [-0.2, -0.15) is 5.10 Å². The van der Waals surface area contributed by atoms with Gasteiger partial charge in [0.1, 0.15) is 11.5 Å². The molecule has 26 heavy (non-hydrogen) atoms. The van der Waals surface area contributed by atoms with Crippen LogP contribution in [-0.2, 0) is 0 Å². The predicted molar refractivity (Wildman–Crippen MR) is 93.3 cm³/mol. The Morgan fingerprint density at radius 3 is 2.42 bits per heavy atom. The van der Waals surface area contributed by atoms with Gasteiger partial charge < -0.3 is 14.3 Å². The molecule has 1 amide bonds.